The summed E-state index contributed by atoms with van der Waals surface area (Å²) < 4.78 is 6.45. The number of benzene rings is 1. The Balaban J connectivity index is 2.82. The Kier molecular flexibility index (Phi) is 4.40. The van der Waals surface area contributed by atoms with Crippen LogP contribution in [0, 0.1) is 3.57 Å². The fourth-order valence-corrected chi connectivity index (χ4v) is 1.73. The molecule has 0 radical (unpaired) electrons. The molecule has 1 aromatic rings. The van der Waals surface area contributed by atoms with E-state index in [9.17, 15) is 0 Å². The minimum Gasteiger partial charge on any atom is -0.430 e. The largest absolute Gasteiger partial charge is 0.430 e. The van der Waals surface area contributed by atoms with Crippen LogP contribution >= 0.6 is 46.4 Å². The summed E-state index contributed by atoms with van der Waals surface area (Å²) in [5, 5.41) is 0.967. The number of halogens is 2. The molecule has 2 nitrogen and oxygen atoms in total. The van der Waals surface area contributed by atoms with Crippen LogP contribution < -0.4 is 4.74 Å². The van der Waals surface area contributed by atoms with E-state index in [4.69, 9.17) is 28.6 Å². The Morgan fingerprint density at radius 2 is 2.14 bits per heavy atom. The summed E-state index contributed by atoms with van der Waals surface area (Å²) in [6.45, 7) is 0. The molecule has 76 valence electrons. The number of thiocarbonyl (C=S) groups is 1. The lowest BCUT2D eigenvalue weighted by atomic mass is 10.3. The lowest BCUT2D eigenvalue weighted by Gasteiger charge is -2.14. The van der Waals surface area contributed by atoms with Crippen molar-refractivity contribution in [2.45, 2.75) is 0 Å². The second-order valence-corrected chi connectivity index (χ2v) is 4.84. The molecule has 0 aliphatic rings. The molecule has 0 saturated carbocycles. The van der Waals surface area contributed by atoms with Crippen LogP contribution in [0.15, 0.2) is 18.2 Å². The van der Waals surface area contributed by atoms with Gasteiger partial charge in [0.05, 0.1) is 5.02 Å². The van der Waals surface area contributed by atoms with E-state index in [1.165, 1.54) is 0 Å². The van der Waals surface area contributed by atoms with Gasteiger partial charge in [-0.2, -0.15) is 0 Å². The Morgan fingerprint density at radius 3 is 2.64 bits per heavy atom. The topological polar surface area (TPSA) is 12.5 Å². The molecule has 0 saturated heterocycles. The predicted octanol–water partition coefficient (Wildman–Crippen LogP) is 3.17. The van der Waals surface area contributed by atoms with Gasteiger partial charge in [0.2, 0.25) is 0 Å². The first-order chi connectivity index (χ1) is 6.50. The summed E-state index contributed by atoms with van der Waals surface area (Å²) >= 11 is 13.2. The molecule has 1 aromatic carbocycles. The van der Waals surface area contributed by atoms with E-state index < -0.39 is 0 Å². The molecule has 0 N–H and O–H groups in total. The normalized spacial score (nSPS) is 9.71. The molecule has 0 bridgehead atoms. The van der Waals surface area contributed by atoms with Crippen LogP contribution in [0.25, 0.3) is 0 Å². The van der Waals surface area contributed by atoms with Crippen molar-refractivity contribution in [1.29, 1.82) is 0 Å². The van der Waals surface area contributed by atoms with Crippen molar-refractivity contribution in [3.8, 4) is 5.75 Å². The van der Waals surface area contributed by atoms with Gasteiger partial charge in [0.15, 0.2) is 0 Å². The van der Waals surface area contributed by atoms with E-state index in [0.29, 0.717) is 15.9 Å². The van der Waals surface area contributed by atoms with E-state index in [1.807, 2.05) is 26.2 Å². The van der Waals surface area contributed by atoms with Crippen LogP contribution in [0.3, 0.4) is 0 Å². The molecule has 0 unspecified atom stereocenters. The number of hydrogen-bond acceptors (Lipinski definition) is 2. The number of ether oxygens (including phenoxy) is 1. The van der Waals surface area contributed by atoms with E-state index >= 15 is 0 Å². The van der Waals surface area contributed by atoms with E-state index in [1.54, 1.807) is 11.0 Å². The molecule has 14 heavy (non-hydrogen) atoms. The van der Waals surface area contributed by atoms with Crippen molar-refractivity contribution in [2.75, 3.05) is 14.1 Å². The molecule has 0 amide bonds. The van der Waals surface area contributed by atoms with Crippen molar-refractivity contribution in [1.82, 2.24) is 4.90 Å². The Morgan fingerprint density at radius 1 is 1.50 bits per heavy atom. The molecule has 5 heteroatoms. The standard InChI is InChI=1S/C9H9ClINOS/c1-12(2)9(14)13-8-4-3-6(11)5-7(8)10/h3-5H,1-2H3. The monoisotopic (exact) mass is 341 g/mol. The molecular formula is C9H9ClINOS. The SMILES string of the molecule is CN(C)C(=S)Oc1ccc(I)cc1Cl. The van der Waals surface area contributed by atoms with Gasteiger partial charge in [0, 0.05) is 17.7 Å². The van der Waals surface area contributed by atoms with Crippen molar-refractivity contribution in [3.63, 3.8) is 0 Å². The van der Waals surface area contributed by atoms with Crippen LogP contribution in [-0.2, 0) is 0 Å². The zero-order valence-electron chi connectivity index (χ0n) is 7.75. The van der Waals surface area contributed by atoms with Crippen molar-refractivity contribution in [2.24, 2.45) is 0 Å². The molecule has 0 spiro atoms. The molecule has 0 aliphatic heterocycles. The van der Waals surface area contributed by atoms with Gasteiger partial charge in [-0.25, -0.2) is 0 Å². The van der Waals surface area contributed by atoms with E-state index in [-0.39, 0.29) is 0 Å². The van der Waals surface area contributed by atoms with E-state index in [2.05, 4.69) is 22.6 Å². The molecule has 0 aliphatic carbocycles. The van der Waals surface area contributed by atoms with Gasteiger partial charge in [-0.05, 0) is 53.0 Å². The maximum absolute atomic E-state index is 5.97. The van der Waals surface area contributed by atoms with Gasteiger partial charge < -0.3 is 9.64 Å². The summed E-state index contributed by atoms with van der Waals surface area (Å²) in [4.78, 5) is 1.71. The average molecular weight is 342 g/mol. The van der Waals surface area contributed by atoms with Crippen molar-refractivity contribution in [3.05, 3.63) is 26.8 Å². The number of nitrogens with zero attached hydrogens (tertiary/aromatic N) is 1. The summed E-state index contributed by atoms with van der Waals surface area (Å²) in [5.74, 6) is 0.589. The Labute approximate surface area is 107 Å². The second-order valence-electron chi connectivity index (χ2n) is 2.84. The molecule has 1 rings (SSSR count). The zero-order chi connectivity index (χ0) is 10.7. The lowest BCUT2D eigenvalue weighted by Crippen LogP contribution is -2.25. The first kappa shape index (κ1) is 12.0. The van der Waals surface area contributed by atoms with Gasteiger partial charge >= 0.3 is 0 Å². The number of rotatable bonds is 1. The number of hydrogen-bond donors (Lipinski definition) is 0. The highest BCUT2D eigenvalue weighted by molar-refractivity contribution is 14.1. The quantitative estimate of drug-likeness (QED) is 0.575. The fourth-order valence-electron chi connectivity index (χ4n) is 0.743. The minimum absolute atomic E-state index is 0.396. The van der Waals surface area contributed by atoms with Crippen LogP contribution in [0.1, 0.15) is 0 Å². The van der Waals surface area contributed by atoms with E-state index in [0.717, 1.165) is 3.57 Å². The highest BCUT2D eigenvalue weighted by Gasteiger charge is 2.06. The van der Waals surface area contributed by atoms with Crippen LogP contribution in [0.2, 0.25) is 5.02 Å². The van der Waals surface area contributed by atoms with Crippen LogP contribution in [0.4, 0.5) is 0 Å². The first-order valence-electron chi connectivity index (χ1n) is 3.85. The highest BCUT2D eigenvalue weighted by Crippen LogP contribution is 2.26. The lowest BCUT2D eigenvalue weighted by molar-refractivity contribution is 0.449. The predicted molar refractivity (Wildman–Crippen MR) is 71.1 cm³/mol. The van der Waals surface area contributed by atoms with Gasteiger partial charge in [-0.3, -0.25) is 0 Å². The Hall–Kier alpha value is -0.0700. The molecule has 0 fully saturated rings. The first-order valence-corrected chi connectivity index (χ1v) is 5.71. The van der Waals surface area contributed by atoms with Crippen molar-refractivity contribution >= 4 is 51.6 Å². The summed E-state index contributed by atoms with van der Waals surface area (Å²) in [7, 11) is 3.64. The smallest absolute Gasteiger partial charge is 0.264 e. The molecule has 0 heterocycles. The third-order valence-corrected chi connectivity index (χ3v) is 2.87. The maximum Gasteiger partial charge on any atom is 0.264 e. The van der Waals surface area contributed by atoms with Gasteiger partial charge in [0.25, 0.3) is 5.17 Å². The van der Waals surface area contributed by atoms with Crippen LogP contribution in [0.5, 0.6) is 5.75 Å². The summed E-state index contributed by atoms with van der Waals surface area (Å²) in [6.07, 6.45) is 0. The molecule has 0 atom stereocenters. The van der Waals surface area contributed by atoms with Gasteiger partial charge in [-0.1, -0.05) is 11.6 Å². The zero-order valence-corrected chi connectivity index (χ0v) is 11.5. The van der Waals surface area contributed by atoms with Crippen molar-refractivity contribution < 1.29 is 4.74 Å². The minimum atomic E-state index is 0.396. The third kappa shape index (κ3) is 3.25. The second kappa shape index (κ2) is 5.14. The van der Waals surface area contributed by atoms with Gasteiger partial charge in [-0.15, -0.1) is 0 Å². The Bertz CT molecular complexity index is 357. The summed E-state index contributed by atoms with van der Waals surface area (Å²) in [5.41, 5.74) is 0. The third-order valence-electron chi connectivity index (χ3n) is 1.46. The summed E-state index contributed by atoms with van der Waals surface area (Å²) in [6, 6.07) is 5.55. The maximum atomic E-state index is 5.97. The van der Waals surface area contributed by atoms with Gasteiger partial charge in [0.1, 0.15) is 5.75 Å². The highest BCUT2D eigenvalue weighted by atomic mass is 127. The molecular weight excluding hydrogens is 333 g/mol. The van der Waals surface area contributed by atoms with Crippen LogP contribution in [-0.4, -0.2) is 24.2 Å². The molecule has 0 aromatic heterocycles. The fraction of sp³-hybridized carbons (Fsp3) is 0.222. The average Bonchev–Trinajstić information content (AvgIpc) is 2.09.